The minimum Gasteiger partial charge on any atom is -0.457 e. The van der Waals surface area contributed by atoms with Gasteiger partial charge in [0.05, 0.1) is 11.9 Å². The van der Waals surface area contributed by atoms with Crippen LogP contribution >= 0.6 is 11.6 Å². The predicted molar refractivity (Wildman–Crippen MR) is 120 cm³/mol. The molecule has 3 aromatic rings. The van der Waals surface area contributed by atoms with E-state index in [1.54, 1.807) is 48.5 Å². The van der Waals surface area contributed by atoms with Crippen LogP contribution in [0.2, 0.25) is 5.02 Å². The zero-order valence-electron chi connectivity index (χ0n) is 16.4. The highest BCUT2D eigenvalue weighted by Crippen LogP contribution is 2.27. The van der Waals surface area contributed by atoms with Crippen LogP contribution in [0.1, 0.15) is 6.92 Å². The molecule has 0 aromatic heterocycles. The molecule has 1 amide bonds. The molecule has 3 rings (SSSR count). The molecule has 1 atom stereocenters. The number of anilines is 2. The third-order valence-corrected chi connectivity index (χ3v) is 5.76. The van der Waals surface area contributed by atoms with Crippen molar-refractivity contribution >= 4 is 38.9 Å². The molecule has 0 fully saturated rings. The summed E-state index contributed by atoms with van der Waals surface area (Å²) in [7, 11) is -3.72. The van der Waals surface area contributed by atoms with E-state index in [0.717, 1.165) is 10.6 Å². The summed E-state index contributed by atoms with van der Waals surface area (Å²) in [6.45, 7) is 1.53. The molecule has 6 nitrogen and oxygen atoms in total. The van der Waals surface area contributed by atoms with Gasteiger partial charge in [-0.3, -0.25) is 9.10 Å². The summed E-state index contributed by atoms with van der Waals surface area (Å²) >= 11 is 5.85. The van der Waals surface area contributed by atoms with Crippen molar-refractivity contribution in [1.82, 2.24) is 0 Å². The van der Waals surface area contributed by atoms with Gasteiger partial charge in [-0.25, -0.2) is 8.42 Å². The number of sulfonamides is 1. The Morgan fingerprint density at radius 2 is 1.50 bits per heavy atom. The number of amides is 1. The van der Waals surface area contributed by atoms with E-state index in [-0.39, 0.29) is 0 Å². The van der Waals surface area contributed by atoms with Gasteiger partial charge in [0, 0.05) is 10.7 Å². The summed E-state index contributed by atoms with van der Waals surface area (Å²) in [6.07, 6.45) is 1.06. The standard InChI is InChI=1S/C22H21ClN2O4S/c1-16(22(26)24-18-10-8-17(23)9-11-18)25(30(2,27)28)19-12-14-21(15-13-19)29-20-6-4-3-5-7-20/h3-16H,1-2H3,(H,24,26)/t16-/m1/s1. The number of hydrogen-bond donors (Lipinski definition) is 1. The van der Waals surface area contributed by atoms with Gasteiger partial charge < -0.3 is 10.1 Å². The summed E-state index contributed by atoms with van der Waals surface area (Å²) < 4.78 is 31.7. The van der Waals surface area contributed by atoms with Crippen molar-refractivity contribution < 1.29 is 17.9 Å². The van der Waals surface area contributed by atoms with Gasteiger partial charge in [0.1, 0.15) is 17.5 Å². The van der Waals surface area contributed by atoms with E-state index < -0.39 is 22.0 Å². The lowest BCUT2D eigenvalue weighted by atomic mass is 10.2. The predicted octanol–water partition coefficient (Wildman–Crippen LogP) is 4.93. The highest BCUT2D eigenvalue weighted by atomic mass is 35.5. The molecule has 0 saturated heterocycles. The highest BCUT2D eigenvalue weighted by Gasteiger charge is 2.29. The molecule has 3 aromatic carbocycles. The molecule has 8 heteroatoms. The van der Waals surface area contributed by atoms with Crippen LogP contribution in [0.25, 0.3) is 0 Å². The number of benzene rings is 3. The summed E-state index contributed by atoms with van der Waals surface area (Å²) in [5, 5.41) is 3.25. The van der Waals surface area contributed by atoms with E-state index in [1.165, 1.54) is 6.92 Å². The third-order valence-electron chi connectivity index (χ3n) is 4.27. The van der Waals surface area contributed by atoms with Crippen molar-refractivity contribution in [2.75, 3.05) is 15.9 Å². The number of nitrogens with zero attached hydrogens (tertiary/aromatic N) is 1. The van der Waals surface area contributed by atoms with Gasteiger partial charge in [-0.1, -0.05) is 29.8 Å². The molecule has 30 heavy (non-hydrogen) atoms. The molecule has 156 valence electrons. The first-order valence-corrected chi connectivity index (χ1v) is 11.4. The largest absolute Gasteiger partial charge is 0.457 e. The molecular weight excluding hydrogens is 424 g/mol. The van der Waals surface area contributed by atoms with E-state index in [2.05, 4.69) is 5.32 Å². The average molecular weight is 445 g/mol. The number of rotatable bonds is 7. The van der Waals surface area contributed by atoms with Crippen LogP contribution in [-0.2, 0) is 14.8 Å². The van der Waals surface area contributed by atoms with E-state index in [0.29, 0.717) is 27.9 Å². The smallest absolute Gasteiger partial charge is 0.247 e. The zero-order valence-corrected chi connectivity index (χ0v) is 18.0. The Bertz CT molecular complexity index is 1100. The summed E-state index contributed by atoms with van der Waals surface area (Å²) in [4.78, 5) is 12.7. The maximum Gasteiger partial charge on any atom is 0.247 e. The van der Waals surface area contributed by atoms with Crippen LogP contribution in [0.15, 0.2) is 78.9 Å². The first-order valence-electron chi connectivity index (χ1n) is 9.13. The maximum atomic E-state index is 12.7. The molecule has 0 aliphatic rings. The first-order chi connectivity index (χ1) is 14.2. The Balaban J connectivity index is 1.79. The number of carbonyl (C=O) groups excluding carboxylic acids is 1. The fourth-order valence-electron chi connectivity index (χ4n) is 2.87. The Morgan fingerprint density at radius 1 is 0.933 bits per heavy atom. The van der Waals surface area contributed by atoms with E-state index in [1.807, 2.05) is 30.3 Å². The molecule has 0 aliphatic carbocycles. The van der Waals surface area contributed by atoms with Crippen molar-refractivity contribution in [1.29, 1.82) is 0 Å². The lowest BCUT2D eigenvalue weighted by Crippen LogP contribution is -2.45. The van der Waals surface area contributed by atoms with Gasteiger partial charge in [0.2, 0.25) is 15.9 Å². The van der Waals surface area contributed by atoms with E-state index in [9.17, 15) is 13.2 Å². The molecule has 0 spiro atoms. The number of halogens is 1. The van der Waals surface area contributed by atoms with Crippen molar-refractivity contribution in [3.63, 3.8) is 0 Å². The van der Waals surface area contributed by atoms with Gasteiger partial charge in [-0.15, -0.1) is 0 Å². The van der Waals surface area contributed by atoms with E-state index >= 15 is 0 Å². The Labute approximate surface area is 181 Å². The second kappa shape index (κ2) is 9.19. The molecule has 1 N–H and O–H groups in total. The summed E-state index contributed by atoms with van der Waals surface area (Å²) in [5.74, 6) is 0.755. The number of ether oxygens (including phenoxy) is 1. The summed E-state index contributed by atoms with van der Waals surface area (Å²) in [5.41, 5.74) is 0.882. The van der Waals surface area contributed by atoms with Gasteiger partial charge >= 0.3 is 0 Å². The van der Waals surface area contributed by atoms with Crippen LogP contribution in [0.3, 0.4) is 0 Å². The summed E-state index contributed by atoms with van der Waals surface area (Å²) in [6, 6.07) is 21.4. The monoisotopic (exact) mass is 444 g/mol. The number of hydrogen-bond acceptors (Lipinski definition) is 4. The SMILES string of the molecule is C[C@H](C(=O)Nc1ccc(Cl)cc1)N(c1ccc(Oc2ccccc2)cc1)S(C)(=O)=O. The second-order valence-electron chi connectivity index (χ2n) is 6.64. The number of para-hydroxylation sites is 1. The molecule has 0 bridgehead atoms. The highest BCUT2D eigenvalue weighted by molar-refractivity contribution is 7.92. The van der Waals surface area contributed by atoms with Crippen LogP contribution in [0, 0.1) is 0 Å². The van der Waals surface area contributed by atoms with Crippen LogP contribution in [0.4, 0.5) is 11.4 Å². The van der Waals surface area contributed by atoms with Gasteiger partial charge in [-0.05, 0) is 67.6 Å². The van der Waals surface area contributed by atoms with Crippen LogP contribution < -0.4 is 14.4 Å². The third kappa shape index (κ3) is 5.52. The molecule has 0 radical (unpaired) electrons. The Kier molecular flexibility index (Phi) is 6.64. The molecule has 0 saturated carbocycles. The Hall–Kier alpha value is -3.03. The van der Waals surface area contributed by atoms with Crippen molar-refractivity contribution in [2.24, 2.45) is 0 Å². The van der Waals surface area contributed by atoms with Crippen LogP contribution in [-0.4, -0.2) is 26.6 Å². The molecule has 0 heterocycles. The fraction of sp³-hybridized carbons (Fsp3) is 0.136. The van der Waals surface area contributed by atoms with Crippen molar-refractivity contribution in [3.05, 3.63) is 83.9 Å². The maximum absolute atomic E-state index is 12.7. The quantitative estimate of drug-likeness (QED) is 0.560. The minimum absolute atomic E-state index is 0.358. The zero-order chi connectivity index (χ0) is 21.7. The lowest BCUT2D eigenvalue weighted by Gasteiger charge is -2.28. The fourth-order valence-corrected chi connectivity index (χ4v) is 4.18. The topological polar surface area (TPSA) is 75.7 Å². The molecule has 0 aliphatic heterocycles. The number of carbonyl (C=O) groups is 1. The van der Waals surface area contributed by atoms with Crippen molar-refractivity contribution in [3.8, 4) is 11.5 Å². The number of nitrogens with one attached hydrogen (secondary N) is 1. The Morgan fingerprint density at radius 3 is 2.07 bits per heavy atom. The second-order valence-corrected chi connectivity index (χ2v) is 8.94. The lowest BCUT2D eigenvalue weighted by molar-refractivity contribution is -0.116. The van der Waals surface area contributed by atoms with Gasteiger partial charge in [-0.2, -0.15) is 0 Å². The first kappa shape index (κ1) is 21.7. The molecule has 0 unspecified atom stereocenters. The van der Waals surface area contributed by atoms with Crippen molar-refractivity contribution in [2.45, 2.75) is 13.0 Å². The average Bonchev–Trinajstić information content (AvgIpc) is 2.71. The van der Waals surface area contributed by atoms with Gasteiger partial charge in [0.15, 0.2) is 0 Å². The van der Waals surface area contributed by atoms with Gasteiger partial charge in [0.25, 0.3) is 0 Å². The normalized spacial score (nSPS) is 12.1. The van der Waals surface area contributed by atoms with Crippen LogP contribution in [0.5, 0.6) is 11.5 Å². The molecular formula is C22H21ClN2O4S. The van der Waals surface area contributed by atoms with E-state index in [4.69, 9.17) is 16.3 Å². The minimum atomic E-state index is -3.72.